The molecule has 1 fully saturated rings. The highest BCUT2D eigenvalue weighted by Crippen LogP contribution is 2.18. The number of rotatable bonds is 6. The maximum atomic E-state index is 12.9. The maximum Gasteiger partial charge on any atom is 0.224 e. The van der Waals surface area contributed by atoms with Gasteiger partial charge in [-0.1, -0.05) is 0 Å². The molecule has 1 saturated heterocycles. The van der Waals surface area contributed by atoms with Crippen LogP contribution in [0.3, 0.4) is 0 Å². The highest BCUT2D eigenvalue weighted by molar-refractivity contribution is 7.91. The van der Waals surface area contributed by atoms with Gasteiger partial charge in [0.15, 0.2) is 9.84 Å². The average Bonchev–Trinajstić information content (AvgIpc) is 2.55. The largest absolute Gasteiger partial charge is 0.355 e. The Labute approximate surface area is 143 Å². The number of benzene rings is 1. The van der Waals surface area contributed by atoms with E-state index in [0.29, 0.717) is 12.6 Å². The van der Waals surface area contributed by atoms with Crippen LogP contribution in [0.5, 0.6) is 0 Å². The second-order valence-electron chi connectivity index (χ2n) is 6.49. The minimum absolute atomic E-state index is 0.0662. The molecule has 0 bridgehead atoms. The number of piperidine rings is 1. The van der Waals surface area contributed by atoms with Crippen LogP contribution in [0.4, 0.5) is 4.39 Å². The molecule has 1 amide bonds. The lowest BCUT2D eigenvalue weighted by molar-refractivity contribution is -0.126. The first-order chi connectivity index (χ1) is 11.3. The van der Waals surface area contributed by atoms with Gasteiger partial charge in [-0.3, -0.25) is 4.79 Å². The molecular formula is C17H25FN2O3S. The van der Waals surface area contributed by atoms with Gasteiger partial charge in [0, 0.05) is 19.1 Å². The zero-order chi connectivity index (χ0) is 17.7. The topological polar surface area (TPSA) is 66.5 Å². The molecule has 1 N–H and O–H groups in total. The number of nitrogens with zero attached hydrogens (tertiary/aromatic N) is 1. The zero-order valence-electron chi connectivity index (χ0n) is 14.2. The average molecular weight is 356 g/mol. The van der Waals surface area contributed by atoms with Crippen LogP contribution in [0, 0.1) is 11.7 Å². The molecule has 0 spiro atoms. The molecule has 134 valence electrons. The van der Waals surface area contributed by atoms with E-state index < -0.39 is 15.7 Å². The third-order valence-electron chi connectivity index (χ3n) is 4.40. The van der Waals surface area contributed by atoms with E-state index >= 15 is 0 Å². The van der Waals surface area contributed by atoms with E-state index in [4.69, 9.17) is 0 Å². The highest BCUT2D eigenvalue weighted by atomic mass is 32.2. The molecule has 1 heterocycles. The summed E-state index contributed by atoms with van der Waals surface area (Å²) in [6.07, 6.45) is 1.81. The summed E-state index contributed by atoms with van der Waals surface area (Å²) >= 11 is 0. The van der Waals surface area contributed by atoms with Gasteiger partial charge >= 0.3 is 0 Å². The van der Waals surface area contributed by atoms with Gasteiger partial charge in [-0.25, -0.2) is 12.8 Å². The molecule has 2 rings (SSSR count). The third kappa shape index (κ3) is 5.01. The van der Waals surface area contributed by atoms with Gasteiger partial charge in [0.2, 0.25) is 5.91 Å². The van der Waals surface area contributed by atoms with Crippen molar-refractivity contribution in [1.82, 2.24) is 10.2 Å². The summed E-state index contributed by atoms with van der Waals surface area (Å²) in [7, 11) is -3.52. The SMILES string of the molecule is CC(C)N1CCC[C@H](C(=O)NCCS(=O)(=O)c2ccc(F)cc2)C1. The molecule has 0 radical (unpaired) electrons. The molecular weight excluding hydrogens is 331 g/mol. The van der Waals surface area contributed by atoms with Gasteiger partial charge in [0.1, 0.15) is 5.82 Å². The first kappa shape index (κ1) is 18.9. The lowest BCUT2D eigenvalue weighted by atomic mass is 9.96. The van der Waals surface area contributed by atoms with Crippen LogP contribution >= 0.6 is 0 Å². The first-order valence-electron chi connectivity index (χ1n) is 8.29. The number of likely N-dealkylation sites (tertiary alicyclic amines) is 1. The highest BCUT2D eigenvalue weighted by Gasteiger charge is 2.27. The van der Waals surface area contributed by atoms with Crippen molar-refractivity contribution in [2.45, 2.75) is 37.6 Å². The van der Waals surface area contributed by atoms with Crippen molar-refractivity contribution >= 4 is 15.7 Å². The van der Waals surface area contributed by atoms with Gasteiger partial charge < -0.3 is 10.2 Å². The van der Waals surface area contributed by atoms with Crippen molar-refractivity contribution in [1.29, 1.82) is 0 Å². The molecule has 24 heavy (non-hydrogen) atoms. The summed E-state index contributed by atoms with van der Waals surface area (Å²) < 4.78 is 37.2. The van der Waals surface area contributed by atoms with Crippen LogP contribution in [-0.4, -0.2) is 50.7 Å². The van der Waals surface area contributed by atoms with E-state index in [0.717, 1.165) is 31.5 Å². The molecule has 1 aromatic rings. The van der Waals surface area contributed by atoms with E-state index in [9.17, 15) is 17.6 Å². The molecule has 0 unspecified atom stereocenters. The Hall–Kier alpha value is -1.47. The van der Waals surface area contributed by atoms with E-state index in [2.05, 4.69) is 24.1 Å². The van der Waals surface area contributed by atoms with E-state index in [-0.39, 0.29) is 29.0 Å². The Morgan fingerprint density at radius 3 is 2.62 bits per heavy atom. The Balaban J connectivity index is 1.84. The smallest absolute Gasteiger partial charge is 0.224 e. The van der Waals surface area contributed by atoms with E-state index in [1.807, 2.05) is 0 Å². The molecule has 0 aromatic heterocycles. The molecule has 1 atom stereocenters. The van der Waals surface area contributed by atoms with Crippen LogP contribution in [-0.2, 0) is 14.6 Å². The fourth-order valence-electron chi connectivity index (χ4n) is 2.90. The van der Waals surface area contributed by atoms with Crippen molar-refractivity contribution in [3.8, 4) is 0 Å². The van der Waals surface area contributed by atoms with Crippen LogP contribution in [0.1, 0.15) is 26.7 Å². The summed E-state index contributed by atoms with van der Waals surface area (Å²) in [6.45, 7) is 6.00. The van der Waals surface area contributed by atoms with Crippen molar-refractivity contribution in [3.63, 3.8) is 0 Å². The van der Waals surface area contributed by atoms with Gasteiger partial charge in [-0.05, 0) is 57.5 Å². The number of nitrogens with one attached hydrogen (secondary N) is 1. The standard InChI is InChI=1S/C17H25FN2O3S/c1-13(2)20-10-3-4-14(12-20)17(21)19-9-11-24(22,23)16-7-5-15(18)6-8-16/h5-8,13-14H,3-4,9-12H2,1-2H3,(H,19,21)/t14-/m0/s1. The number of carbonyl (C=O) groups excluding carboxylic acids is 1. The van der Waals surface area contributed by atoms with Crippen LogP contribution in [0.15, 0.2) is 29.2 Å². The summed E-state index contributed by atoms with van der Waals surface area (Å²) in [4.78, 5) is 14.6. The predicted molar refractivity (Wildman–Crippen MR) is 90.9 cm³/mol. The van der Waals surface area contributed by atoms with Gasteiger partial charge in [0.25, 0.3) is 0 Å². The number of hydrogen-bond donors (Lipinski definition) is 1. The molecule has 0 aliphatic carbocycles. The lowest BCUT2D eigenvalue weighted by Crippen LogP contribution is -2.46. The second kappa shape index (κ2) is 8.07. The number of sulfone groups is 1. The van der Waals surface area contributed by atoms with Gasteiger partial charge in [-0.2, -0.15) is 0 Å². The first-order valence-corrected chi connectivity index (χ1v) is 9.95. The monoisotopic (exact) mass is 356 g/mol. The van der Waals surface area contributed by atoms with Gasteiger partial charge in [0.05, 0.1) is 16.6 Å². The molecule has 1 aliphatic rings. The number of hydrogen-bond acceptors (Lipinski definition) is 4. The number of halogens is 1. The molecule has 1 aliphatic heterocycles. The Morgan fingerprint density at radius 2 is 2.00 bits per heavy atom. The fraction of sp³-hybridized carbons (Fsp3) is 0.588. The van der Waals surface area contributed by atoms with Crippen molar-refractivity contribution < 1.29 is 17.6 Å². The van der Waals surface area contributed by atoms with Crippen molar-refractivity contribution in [3.05, 3.63) is 30.1 Å². The number of carbonyl (C=O) groups is 1. The molecule has 0 saturated carbocycles. The summed E-state index contributed by atoms with van der Waals surface area (Å²) in [5.41, 5.74) is 0. The summed E-state index contributed by atoms with van der Waals surface area (Å²) in [6, 6.07) is 5.13. The Bertz CT molecular complexity index is 659. The van der Waals surface area contributed by atoms with Crippen LogP contribution in [0.2, 0.25) is 0 Å². The maximum absolute atomic E-state index is 12.9. The summed E-state index contributed by atoms with van der Waals surface area (Å²) in [5, 5.41) is 2.73. The lowest BCUT2D eigenvalue weighted by Gasteiger charge is -2.34. The van der Waals surface area contributed by atoms with Crippen LogP contribution in [0.25, 0.3) is 0 Å². The predicted octanol–water partition coefficient (Wildman–Crippen LogP) is 1.84. The van der Waals surface area contributed by atoms with Gasteiger partial charge in [-0.15, -0.1) is 0 Å². The Morgan fingerprint density at radius 1 is 1.33 bits per heavy atom. The minimum Gasteiger partial charge on any atom is -0.355 e. The molecule has 5 nitrogen and oxygen atoms in total. The van der Waals surface area contributed by atoms with E-state index in [1.54, 1.807) is 0 Å². The van der Waals surface area contributed by atoms with E-state index in [1.165, 1.54) is 12.1 Å². The minimum atomic E-state index is -3.52. The number of amides is 1. The quantitative estimate of drug-likeness (QED) is 0.790. The fourth-order valence-corrected chi connectivity index (χ4v) is 4.06. The third-order valence-corrected chi connectivity index (χ3v) is 6.13. The normalized spacial score (nSPS) is 19.4. The second-order valence-corrected chi connectivity index (χ2v) is 8.60. The zero-order valence-corrected chi connectivity index (χ0v) is 15.0. The molecule has 7 heteroatoms. The van der Waals surface area contributed by atoms with Crippen LogP contribution < -0.4 is 5.32 Å². The Kier molecular flexibility index (Phi) is 6.34. The molecule has 1 aromatic carbocycles. The van der Waals surface area contributed by atoms with Crippen molar-refractivity contribution in [2.75, 3.05) is 25.4 Å². The van der Waals surface area contributed by atoms with Crippen molar-refractivity contribution in [2.24, 2.45) is 5.92 Å². The summed E-state index contributed by atoms with van der Waals surface area (Å²) in [5.74, 6) is -0.844.